The number of ether oxygens (including phenoxy) is 1. The van der Waals surface area contributed by atoms with Crippen molar-refractivity contribution < 1.29 is 14.1 Å². The molecule has 2 aliphatic rings. The summed E-state index contributed by atoms with van der Waals surface area (Å²) >= 11 is 0. The maximum Gasteiger partial charge on any atom is 0.130 e. The lowest BCUT2D eigenvalue weighted by Crippen LogP contribution is -2.52. The number of nitrogens with one attached hydrogen (secondary N) is 2. The third-order valence-corrected chi connectivity index (χ3v) is 7.27. The molecule has 28 heavy (non-hydrogen) atoms. The van der Waals surface area contributed by atoms with Gasteiger partial charge in [-0.05, 0) is 51.0 Å². The first-order chi connectivity index (χ1) is 13.4. The summed E-state index contributed by atoms with van der Waals surface area (Å²) in [6, 6.07) is 7.54. The van der Waals surface area contributed by atoms with E-state index in [9.17, 15) is 9.32 Å². The van der Waals surface area contributed by atoms with E-state index < -0.39 is 22.7 Å². The van der Waals surface area contributed by atoms with Crippen LogP contribution >= 0.6 is 0 Å². The Hall–Kier alpha value is -1.15. The number of hydrogen-bond donors (Lipinski definition) is 3. The van der Waals surface area contributed by atoms with Gasteiger partial charge in [0.15, 0.2) is 0 Å². The van der Waals surface area contributed by atoms with Crippen molar-refractivity contribution in [3.63, 3.8) is 0 Å². The Bertz CT molecular complexity index is 626. The van der Waals surface area contributed by atoms with Gasteiger partial charge in [0.1, 0.15) is 28.4 Å². The van der Waals surface area contributed by atoms with Crippen molar-refractivity contribution in [1.29, 1.82) is 0 Å². The molecule has 3 N–H and O–H groups in total. The number of benzene rings is 1. The van der Waals surface area contributed by atoms with Crippen LogP contribution in [0.25, 0.3) is 0 Å². The SMILES string of the molecule is CC(C)(Oc1ccc(NS(=O)C2CCCCC2)cc1)C(O)CN1CCNCC1. The summed E-state index contributed by atoms with van der Waals surface area (Å²) in [4.78, 5) is 2.26. The molecular weight excluding hydrogens is 374 g/mol. The van der Waals surface area contributed by atoms with Crippen LogP contribution in [0.5, 0.6) is 5.75 Å². The van der Waals surface area contributed by atoms with E-state index in [1.165, 1.54) is 19.3 Å². The second-order valence-corrected chi connectivity index (χ2v) is 9.92. The molecule has 2 fully saturated rings. The van der Waals surface area contributed by atoms with Gasteiger partial charge in [0.05, 0.1) is 5.25 Å². The van der Waals surface area contributed by atoms with Gasteiger partial charge in [0.25, 0.3) is 0 Å². The molecule has 2 atom stereocenters. The molecule has 0 bridgehead atoms. The highest BCUT2D eigenvalue weighted by molar-refractivity contribution is 7.87. The first-order valence-corrected chi connectivity index (χ1v) is 11.7. The molecule has 0 radical (unpaired) electrons. The third-order valence-electron chi connectivity index (χ3n) is 5.75. The first kappa shape index (κ1) is 21.6. The molecular formula is C21H35N3O3S. The highest BCUT2D eigenvalue weighted by Crippen LogP contribution is 2.26. The summed E-state index contributed by atoms with van der Waals surface area (Å²) < 4.78 is 21.7. The Morgan fingerprint density at radius 1 is 1.21 bits per heavy atom. The maximum atomic E-state index is 12.5. The van der Waals surface area contributed by atoms with E-state index in [2.05, 4.69) is 14.9 Å². The van der Waals surface area contributed by atoms with Crippen molar-refractivity contribution in [2.24, 2.45) is 0 Å². The van der Waals surface area contributed by atoms with Crippen molar-refractivity contribution in [2.75, 3.05) is 37.4 Å². The lowest BCUT2D eigenvalue weighted by Gasteiger charge is -2.36. The molecule has 1 saturated carbocycles. The molecule has 1 aromatic carbocycles. The van der Waals surface area contributed by atoms with Crippen LogP contribution in [0, 0.1) is 0 Å². The molecule has 3 rings (SSSR count). The number of piperazine rings is 1. The zero-order valence-electron chi connectivity index (χ0n) is 17.2. The summed E-state index contributed by atoms with van der Waals surface area (Å²) in [5.41, 5.74) is 0.153. The second-order valence-electron chi connectivity index (χ2n) is 8.46. The van der Waals surface area contributed by atoms with Crippen molar-refractivity contribution in [2.45, 2.75) is 62.9 Å². The van der Waals surface area contributed by atoms with Gasteiger partial charge >= 0.3 is 0 Å². The quantitative estimate of drug-likeness (QED) is 0.615. The molecule has 0 aromatic heterocycles. The van der Waals surface area contributed by atoms with Crippen LogP contribution in [-0.2, 0) is 11.0 Å². The minimum absolute atomic E-state index is 0.253. The fraction of sp³-hybridized carbons (Fsp3) is 0.714. The summed E-state index contributed by atoms with van der Waals surface area (Å²) in [6.45, 7) is 8.27. The minimum atomic E-state index is -1.04. The fourth-order valence-electron chi connectivity index (χ4n) is 3.80. The normalized spacial score (nSPS) is 21.8. The summed E-state index contributed by atoms with van der Waals surface area (Å²) in [5, 5.41) is 14.2. The molecule has 158 valence electrons. The second kappa shape index (κ2) is 10.1. The van der Waals surface area contributed by atoms with Crippen LogP contribution in [0.1, 0.15) is 46.0 Å². The smallest absolute Gasteiger partial charge is 0.130 e. The van der Waals surface area contributed by atoms with Crippen LogP contribution < -0.4 is 14.8 Å². The van der Waals surface area contributed by atoms with Crippen molar-refractivity contribution in [1.82, 2.24) is 10.2 Å². The summed E-state index contributed by atoms with van der Waals surface area (Å²) in [5.74, 6) is 0.707. The number of β-amino-alcohol motifs (C(OH)–C–C–N with tert-alkyl or cyclic N) is 1. The predicted octanol–water partition coefficient (Wildman–Crippen LogP) is 2.52. The van der Waals surface area contributed by atoms with Crippen molar-refractivity contribution in [3.05, 3.63) is 24.3 Å². The zero-order valence-corrected chi connectivity index (χ0v) is 18.0. The molecule has 1 aliphatic carbocycles. The fourth-order valence-corrected chi connectivity index (χ4v) is 5.10. The van der Waals surface area contributed by atoms with E-state index in [1.54, 1.807) is 0 Å². The average Bonchev–Trinajstić information content (AvgIpc) is 2.70. The Morgan fingerprint density at radius 2 is 1.86 bits per heavy atom. The zero-order chi connectivity index (χ0) is 20.0. The van der Waals surface area contributed by atoms with Crippen LogP contribution in [0.15, 0.2) is 24.3 Å². The summed E-state index contributed by atoms with van der Waals surface area (Å²) in [6.07, 6.45) is 5.12. The number of nitrogens with zero attached hydrogens (tertiary/aromatic N) is 1. The Labute approximate surface area is 171 Å². The molecule has 1 saturated heterocycles. The van der Waals surface area contributed by atoms with Gasteiger partial charge in [0.2, 0.25) is 0 Å². The number of anilines is 1. The van der Waals surface area contributed by atoms with Gasteiger partial charge in [-0.3, -0.25) is 4.90 Å². The number of hydrogen-bond acceptors (Lipinski definition) is 5. The highest BCUT2D eigenvalue weighted by atomic mass is 32.2. The van der Waals surface area contributed by atoms with E-state index in [0.717, 1.165) is 44.7 Å². The van der Waals surface area contributed by atoms with Crippen molar-refractivity contribution >= 4 is 16.7 Å². The van der Waals surface area contributed by atoms with Gasteiger partial charge in [-0.15, -0.1) is 0 Å². The van der Waals surface area contributed by atoms with E-state index in [0.29, 0.717) is 12.3 Å². The van der Waals surface area contributed by atoms with Crippen molar-refractivity contribution in [3.8, 4) is 5.75 Å². The van der Waals surface area contributed by atoms with Crippen LogP contribution in [0.4, 0.5) is 5.69 Å². The topological polar surface area (TPSA) is 73.8 Å². The van der Waals surface area contributed by atoms with Gasteiger partial charge in [-0.1, -0.05) is 19.3 Å². The van der Waals surface area contributed by atoms with E-state index in [-0.39, 0.29) is 5.25 Å². The molecule has 0 amide bonds. The van der Waals surface area contributed by atoms with Crippen LogP contribution in [-0.4, -0.2) is 63.9 Å². The maximum absolute atomic E-state index is 12.5. The Morgan fingerprint density at radius 3 is 2.50 bits per heavy atom. The van der Waals surface area contributed by atoms with E-state index in [1.807, 2.05) is 38.1 Å². The largest absolute Gasteiger partial charge is 0.485 e. The monoisotopic (exact) mass is 409 g/mol. The average molecular weight is 410 g/mol. The standard InChI is InChI=1S/C21H35N3O3S/c1-21(2,20(25)16-24-14-12-22-13-15-24)27-18-10-8-17(9-11-18)23-28(26)19-6-4-3-5-7-19/h8-11,19-20,22-23,25H,3-7,12-16H2,1-2H3. The third kappa shape index (κ3) is 6.17. The van der Waals surface area contributed by atoms with Gasteiger partial charge < -0.3 is 19.9 Å². The van der Waals surface area contributed by atoms with Gasteiger partial charge in [0, 0.05) is 38.4 Å². The van der Waals surface area contributed by atoms with E-state index in [4.69, 9.17) is 4.74 Å². The summed E-state index contributed by atoms with van der Waals surface area (Å²) in [7, 11) is -1.04. The first-order valence-electron chi connectivity index (χ1n) is 10.5. The predicted molar refractivity (Wildman–Crippen MR) is 115 cm³/mol. The van der Waals surface area contributed by atoms with Crippen LogP contribution in [0.2, 0.25) is 0 Å². The molecule has 6 nitrogen and oxygen atoms in total. The molecule has 2 unspecified atom stereocenters. The molecule has 1 aliphatic heterocycles. The number of aliphatic hydroxyl groups excluding tert-OH is 1. The lowest BCUT2D eigenvalue weighted by atomic mass is 10.0. The van der Waals surface area contributed by atoms with E-state index >= 15 is 0 Å². The molecule has 1 aromatic rings. The van der Waals surface area contributed by atoms with Gasteiger partial charge in [-0.2, -0.15) is 0 Å². The number of rotatable bonds is 8. The highest BCUT2D eigenvalue weighted by Gasteiger charge is 2.32. The molecule has 1 heterocycles. The van der Waals surface area contributed by atoms with Gasteiger partial charge in [-0.25, -0.2) is 4.21 Å². The minimum Gasteiger partial charge on any atom is -0.485 e. The number of aliphatic hydroxyl groups is 1. The Kier molecular flexibility index (Phi) is 7.74. The lowest BCUT2D eigenvalue weighted by molar-refractivity contribution is -0.0455. The Balaban J connectivity index is 1.51. The van der Waals surface area contributed by atoms with Crippen LogP contribution in [0.3, 0.4) is 0 Å². The molecule has 0 spiro atoms. The molecule has 7 heteroatoms.